The summed E-state index contributed by atoms with van der Waals surface area (Å²) >= 11 is 1.89. The van der Waals surface area contributed by atoms with Crippen molar-refractivity contribution in [3.63, 3.8) is 0 Å². The van der Waals surface area contributed by atoms with E-state index in [0.717, 1.165) is 10.8 Å². The number of aryl methyl sites for hydroxylation is 1. The van der Waals surface area contributed by atoms with Crippen molar-refractivity contribution in [2.75, 3.05) is 0 Å². The summed E-state index contributed by atoms with van der Waals surface area (Å²) in [4.78, 5) is 0. The smallest absolute Gasteiger partial charge is 0.0623 e. The summed E-state index contributed by atoms with van der Waals surface area (Å²) in [6, 6.07) is 53.4. The Morgan fingerprint density at radius 1 is 0.455 bits per heavy atom. The van der Waals surface area contributed by atoms with Gasteiger partial charge in [0.15, 0.2) is 0 Å². The van der Waals surface area contributed by atoms with Crippen molar-refractivity contribution in [3.05, 3.63) is 157 Å². The maximum atomic E-state index is 8.06. The molecular formula is C43H28S. The minimum absolute atomic E-state index is 0.537. The fourth-order valence-corrected chi connectivity index (χ4v) is 8.33. The zero-order chi connectivity index (χ0) is 30.1. The molecule has 44 heavy (non-hydrogen) atoms. The molecule has 1 aromatic heterocycles. The van der Waals surface area contributed by atoms with E-state index in [0.29, 0.717) is 6.04 Å². The van der Waals surface area contributed by atoms with Crippen LogP contribution in [-0.2, 0) is 0 Å². The van der Waals surface area contributed by atoms with Crippen LogP contribution in [0.25, 0.3) is 85.9 Å². The SMILES string of the molecule is [2H]c1ccc2cc(-c3ccccc3-c3c4ccccc4c(-c4cccc5sc6cc(C)ccc6c45)c4ccccc34)ccc2c1. The normalized spacial score (nSPS) is 12.1. The van der Waals surface area contributed by atoms with Gasteiger partial charge in [0.1, 0.15) is 0 Å². The van der Waals surface area contributed by atoms with Gasteiger partial charge in [-0.15, -0.1) is 11.3 Å². The lowest BCUT2D eigenvalue weighted by Crippen LogP contribution is -1.93. The van der Waals surface area contributed by atoms with Gasteiger partial charge in [-0.3, -0.25) is 0 Å². The zero-order valence-corrected chi connectivity index (χ0v) is 25.1. The summed E-state index contributed by atoms with van der Waals surface area (Å²) in [7, 11) is 0. The first-order chi connectivity index (χ1) is 22.1. The molecule has 0 aliphatic carbocycles. The Morgan fingerprint density at radius 3 is 1.86 bits per heavy atom. The number of rotatable bonds is 3. The van der Waals surface area contributed by atoms with Crippen LogP contribution in [-0.4, -0.2) is 0 Å². The zero-order valence-electron chi connectivity index (χ0n) is 25.3. The number of thiophene rings is 1. The Morgan fingerprint density at radius 2 is 1.11 bits per heavy atom. The highest BCUT2D eigenvalue weighted by Crippen LogP contribution is 2.49. The molecule has 9 aromatic rings. The molecule has 0 radical (unpaired) electrons. The van der Waals surface area contributed by atoms with Crippen molar-refractivity contribution in [1.29, 1.82) is 0 Å². The lowest BCUT2D eigenvalue weighted by molar-refractivity contribution is 1.52. The van der Waals surface area contributed by atoms with Gasteiger partial charge in [-0.25, -0.2) is 0 Å². The third-order valence-corrected chi connectivity index (χ3v) is 10.2. The molecule has 0 saturated carbocycles. The van der Waals surface area contributed by atoms with E-state index in [1.54, 1.807) is 0 Å². The summed E-state index contributed by atoms with van der Waals surface area (Å²) in [5.41, 5.74) is 8.75. The molecule has 0 atom stereocenters. The van der Waals surface area contributed by atoms with E-state index in [2.05, 4.69) is 140 Å². The van der Waals surface area contributed by atoms with Crippen molar-refractivity contribution in [2.45, 2.75) is 6.92 Å². The average Bonchev–Trinajstić information content (AvgIpc) is 3.45. The Balaban J connectivity index is 1.38. The van der Waals surface area contributed by atoms with E-state index in [9.17, 15) is 0 Å². The van der Waals surface area contributed by atoms with Gasteiger partial charge >= 0.3 is 0 Å². The van der Waals surface area contributed by atoms with Crippen LogP contribution in [0.4, 0.5) is 0 Å². The Bertz CT molecular complexity index is 2570. The van der Waals surface area contributed by atoms with Gasteiger partial charge in [0.2, 0.25) is 0 Å². The van der Waals surface area contributed by atoms with E-state index in [-0.39, 0.29) is 0 Å². The largest absolute Gasteiger partial charge is 0.135 e. The quantitative estimate of drug-likeness (QED) is 0.183. The average molecular weight is 578 g/mol. The molecule has 1 heteroatoms. The van der Waals surface area contributed by atoms with E-state index in [1.165, 1.54) is 80.7 Å². The highest BCUT2D eigenvalue weighted by atomic mass is 32.1. The van der Waals surface area contributed by atoms with E-state index >= 15 is 0 Å². The van der Waals surface area contributed by atoms with Crippen LogP contribution in [0.15, 0.2) is 152 Å². The van der Waals surface area contributed by atoms with Crippen LogP contribution >= 0.6 is 11.3 Å². The van der Waals surface area contributed by atoms with Crippen molar-refractivity contribution in [2.24, 2.45) is 0 Å². The summed E-state index contributed by atoms with van der Waals surface area (Å²) in [5.74, 6) is 0. The fraction of sp³-hybridized carbons (Fsp3) is 0.0233. The van der Waals surface area contributed by atoms with Crippen LogP contribution in [0.2, 0.25) is 0 Å². The minimum Gasteiger partial charge on any atom is -0.135 e. The molecule has 0 aliphatic heterocycles. The first-order valence-corrected chi connectivity index (χ1v) is 15.9. The van der Waals surface area contributed by atoms with Gasteiger partial charge in [-0.1, -0.05) is 133 Å². The maximum absolute atomic E-state index is 8.06. The molecule has 206 valence electrons. The van der Waals surface area contributed by atoms with E-state index in [4.69, 9.17) is 1.37 Å². The lowest BCUT2D eigenvalue weighted by atomic mass is 9.83. The van der Waals surface area contributed by atoms with Gasteiger partial charge in [0.05, 0.1) is 1.37 Å². The second-order valence-electron chi connectivity index (χ2n) is 11.7. The predicted octanol–water partition coefficient (Wildman–Crippen LogP) is 12.8. The van der Waals surface area contributed by atoms with Crippen molar-refractivity contribution < 1.29 is 1.37 Å². The van der Waals surface area contributed by atoms with Crippen LogP contribution in [0.5, 0.6) is 0 Å². The van der Waals surface area contributed by atoms with E-state index < -0.39 is 0 Å². The van der Waals surface area contributed by atoms with Crippen molar-refractivity contribution in [1.82, 2.24) is 0 Å². The highest BCUT2D eigenvalue weighted by molar-refractivity contribution is 7.26. The van der Waals surface area contributed by atoms with Gasteiger partial charge in [0.25, 0.3) is 0 Å². The molecule has 0 nitrogen and oxygen atoms in total. The molecule has 0 saturated heterocycles. The highest BCUT2D eigenvalue weighted by Gasteiger charge is 2.21. The molecular weight excluding hydrogens is 549 g/mol. The lowest BCUT2D eigenvalue weighted by Gasteiger charge is -2.20. The minimum atomic E-state index is 0.537. The van der Waals surface area contributed by atoms with Gasteiger partial charge in [-0.2, -0.15) is 0 Å². The first kappa shape index (κ1) is 24.2. The summed E-state index contributed by atoms with van der Waals surface area (Å²) in [6.45, 7) is 2.17. The number of benzene rings is 8. The second-order valence-corrected chi connectivity index (χ2v) is 12.7. The predicted molar refractivity (Wildman–Crippen MR) is 193 cm³/mol. The monoisotopic (exact) mass is 577 g/mol. The maximum Gasteiger partial charge on any atom is 0.0623 e. The topological polar surface area (TPSA) is 0 Å². The number of fused-ring (bicyclic) bond motifs is 6. The van der Waals surface area contributed by atoms with E-state index in [1.807, 2.05) is 23.5 Å². The molecule has 0 spiro atoms. The van der Waals surface area contributed by atoms with Crippen molar-refractivity contribution >= 4 is 63.8 Å². The molecule has 0 aliphatic rings. The standard InChI is InChI=1S/C43H28S/c1-27-21-24-37-40(25-27)44-39-20-10-19-38(43(37)39)42-35-17-8-6-15-33(35)41(34-16-7-9-18-36(34)42)32-14-5-4-13-31(32)30-23-22-28-11-2-3-12-29(28)26-30/h2-26H,1H3/i2D. The number of hydrogen-bond donors (Lipinski definition) is 0. The van der Waals surface area contributed by atoms with Gasteiger partial charge < -0.3 is 0 Å². The summed E-state index contributed by atoms with van der Waals surface area (Å²) in [5, 5.41) is 9.95. The molecule has 0 bridgehead atoms. The third-order valence-electron chi connectivity index (χ3n) is 9.05. The molecule has 0 fully saturated rings. The number of hydrogen-bond acceptors (Lipinski definition) is 1. The fourth-order valence-electron chi connectivity index (χ4n) is 7.10. The molecule has 0 unspecified atom stereocenters. The van der Waals surface area contributed by atoms with Gasteiger partial charge in [-0.05, 0) is 96.4 Å². The molecule has 0 amide bonds. The van der Waals surface area contributed by atoms with Crippen LogP contribution in [0.3, 0.4) is 0 Å². The molecule has 1 heterocycles. The Labute approximate surface area is 261 Å². The van der Waals surface area contributed by atoms with Crippen LogP contribution in [0, 0.1) is 6.92 Å². The van der Waals surface area contributed by atoms with Gasteiger partial charge in [0, 0.05) is 20.2 Å². The third kappa shape index (κ3) is 3.83. The Kier molecular flexibility index (Phi) is 5.46. The molecule has 9 rings (SSSR count). The van der Waals surface area contributed by atoms with Crippen LogP contribution in [0.1, 0.15) is 6.93 Å². The molecule has 8 aromatic carbocycles. The van der Waals surface area contributed by atoms with Crippen LogP contribution < -0.4 is 0 Å². The summed E-state index contributed by atoms with van der Waals surface area (Å²) < 4.78 is 10.7. The Hall–Kier alpha value is -5.24. The molecule has 0 N–H and O–H groups in total. The summed E-state index contributed by atoms with van der Waals surface area (Å²) in [6.07, 6.45) is 0. The first-order valence-electron chi connectivity index (χ1n) is 15.6. The second kappa shape index (κ2) is 9.91. The van der Waals surface area contributed by atoms with Crippen molar-refractivity contribution in [3.8, 4) is 33.4 Å².